The molecule has 0 aliphatic carbocycles. The molecular weight excluding hydrogens is 366 g/mol. The average Bonchev–Trinajstić information content (AvgIpc) is 3.03. The van der Waals surface area contributed by atoms with E-state index in [4.69, 9.17) is 4.74 Å². The number of nitrogens with two attached hydrogens (primary N) is 1. The van der Waals surface area contributed by atoms with E-state index in [-0.39, 0.29) is 24.3 Å². The van der Waals surface area contributed by atoms with E-state index in [9.17, 15) is 9.59 Å². The molecular formula is C23H29N3O3+2. The van der Waals surface area contributed by atoms with Crippen LogP contribution in [0.3, 0.4) is 0 Å². The van der Waals surface area contributed by atoms with E-state index in [2.05, 4.69) is 35.6 Å². The molecule has 2 amide bonds. The molecule has 0 spiro atoms. The fourth-order valence-electron chi connectivity index (χ4n) is 4.44. The zero-order valence-electron chi connectivity index (χ0n) is 16.8. The molecule has 1 atom stereocenters. The fourth-order valence-corrected chi connectivity index (χ4v) is 4.44. The SMILES string of the molecule is COc1ccc(N2C(=O)C[C@@H]([NH2+]C3CC[NH+](Cc4ccccc4)CC3)C2=O)cc1. The second kappa shape index (κ2) is 8.76. The minimum absolute atomic E-state index is 0.0979. The summed E-state index contributed by atoms with van der Waals surface area (Å²) in [6, 6.07) is 17.8. The number of amides is 2. The van der Waals surface area contributed by atoms with E-state index in [0.717, 1.165) is 32.5 Å². The van der Waals surface area contributed by atoms with Crippen molar-refractivity contribution < 1.29 is 24.5 Å². The zero-order valence-corrected chi connectivity index (χ0v) is 16.8. The number of quaternary nitrogens is 2. The molecule has 2 saturated heterocycles. The van der Waals surface area contributed by atoms with Gasteiger partial charge in [-0.2, -0.15) is 0 Å². The highest BCUT2D eigenvalue weighted by molar-refractivity contribution is 6.21. The Morgan fingerprint density at radius 1 is 1.03 bits per heavy atom. The number of anilines is 1. The van der Waals surface area contributed by atoms with Crippen molar-refractivity contribution in [3.8, 4) is 5.75 Å². The third-order valence-electron chi connectivity index (χ3n) is 6.05. The molecule has 3 N–H and O–H groups in total. The molecule has 0 bridgehead atoms. The number of hydrogen-bond donors (Lipinski definition) is 2. The van der Waals surface area contributed by atoms with Crippen molar-refractivity contribution in [3.63, 3.8) is 0 Å². The molecule has 2 fully saturated rings. The number of carbonyl (C=O) groups is 2. The number of carbonyl (C=O) groups excluding carboxylic acids is 2. The molecule has 2 aliphatic rings. The van der Waals surface area contributed by atoms with Crippen molar-refractivity contribution in [3.05, 3.63) is 60.2 Å². The zero-order chi connectivity index (χ0) is 20.2. The first kappa shape index (κ1) is 19.6. The number of hydrogen-bond acceptors (Lipinski definition) is 3. The van der Waals surface area contributed by atoms with Gasteiger partial charge < -0.3 is 15.0 Å². The van der Waals surface area contributed by atoms with E-state index < -0.39 is 0 Å². The Morgan fingerprint density at radius 3 is 2.38 bits per heavy atom. The number of nitrogens with zero attached hydrogens (tertiary/aromatic N) is 1. The number of benzene rings is 2. The largest absolute Gasteiger partial charge is 0.497 e. The van der Waals surface area contributed by atoms with Gasteiger partial charge in [-0.3, -0.25) is 9.59 Å². The van der Waals surface area contributed by atoms with E-state index in [1.807, 2.05) is 0 Å². The fraction of sp³-hybridized carbons (Fsp3) is 0.391. The van der Waals surface area contributed by atoms with E-state index >= 15 is 0 Å². The Balaban J connectivity index is 1.31. The van der Waals surface area contributed by atoms with Crippen molar-refractivity contribution in [2.75, 3.05) is 25.1 Å². The molecule has 152 valence electrons. The lowest BCUT2D eigenvalue weighted by atomic mass is 10.0. The quantitative estimate of drug-likeness (QED) is 0.684. The second-order valence-electron chi connectivity index (χ2n) is 8.02. The van der Waals surface area contributed by atoms with Crippen LogP contribution in [0, 0.1) is 0 Å². The minimum Gasteiger partial charge on any atom is -0.497 e. The highest BCUT2D eigenvalue weighted by atomic mass is 16.5. The lowest BCUT2D eigenvalue weighted by Gasteiger charge is -2.29. The highest BCUT2D eigenvalue weighted by Crippen LogP contribution is 2.24. The number of piperidine rings is 1. The van der Waals surface area contributed by atoms with Crippen molar-refractivity contribution >= 4 is 17.5 Å². The number of likely N-dealkylation sites (tertiary alicyclic amines) is 1. The molecule has 4 rings (SSSR count). The van der Waals surface area contributed by atoms with E-state index in [0.29, 0.717) is 17.5 Å². The van der Waals surface area contributed by atoms with Crippen LogP contribution >= 0.6 is 0 Å². The summed E-state index contributed by atoms with van der Waals surface area (Å²) in [6.45, 7) is 3.26. The summed E-state index contributed by atoms with van der Waals surface area (Å²) >= 11 is 0. The summed E-state index contributed by atoms with van der Waals surface area (Å²) in [6.07, 6.45) is 2.42. The summed E-state index contributed by atoms with van der Waals surface area (Å²) in [7, 11) is 1.60. The third kappa shape index (κ3) is 4.49. The maximum absolute atomic E-state index is 12.9. The van der Waals surface area contributed by atoms with Crippen molar-refractivity contribution in [1.29, 1.82) is 0 Å². The Morgan fingerprint density at radius 2 is 1.72 bits per heavy atom. The van der Waals surface area contributed by atoms with Crippen molar-refractivity contribution in [1.82, 2.24) is 0 Å². The van der Waals surface area contributed by atoms with Gasteiger partial charge in [0.05, 0.1) is 38.3 Å². The van der Waals surface area contributed by atoms with Gasteiger partial charge in [-0.05, 0) is 24.3 Å². The molecule has 2 aromatic carbocycles. The summed E-state index contributed by atoms with van der Waals surface area (Å²) in [4.78, 5) is 28.3. The summed E-state index contributed by atoms with van der Waals surface area (Å²) in [5, 5.41) is 2.14. The maximum atomic E-state index is 12.9. The highest BCUT2D eigenvalue weighted by Gasteiger charge is 2.44. The van der Waals surface area contributed by atoms with Crippen LogP contribution in [0.15, 0.2) is 54.6 Å². The molecule has 0 unspecified atom stereocenters. The van der Waals surface area contributed by atoms with Crippen LogP contribution in [0.4, 0.5) is 5.69 Å². The van der Waals surface area contributed by atoms with Crippen LogP contribution in [0.2, 0.25) is 0 Å². The third-order valence-corrected chi connectivity index (χ3v) is 6.05. The first-order valence-corrected chi connectivity index (χ1v) is 10.4. The molecule has 6 nitrogen and oxygen atoms in total. The maximum Gasteiger partial charge on any atom is 0.292 e. The smallest absolute Gasteiger partial charge is 0.292 e. The number of nitrogens with one attached hydrogen (secondary N) is 1. The van der Waals surface area contributed by atoms with E-state index in [1.54, 1.807) is 36.3 Å². The summed E-state index contributed by atoms with van der Waals surface area (Å²) in [5.74, 6) is 0.494. The first-order valence-electron chi connectivity index (χ1n) is 10.4. The number of rotatable bonds is 6. The average molecular weight is 396 g/mol. The van der Waals surface area contributed by atoms with Gasteiger partial charge in [-0.15, -0.1) is 0 Å². The molecule has 0 aromatic heterocycles. The molecule has 0 saturated carbocycles. The monoisotopic (exact) mass is 395 g/mol. The molecule has 2 heterocycles. The molecule has 6 heteroatoms. The molecule has 2 aliphatic heterocycles. The van der Waals surface area contributed by atoms with Gasteiger partial charge in [0.2, 0.25) is 5.91 Å². The Labute approximate surface area is 171 Å². The number of imide groups is 1. The van der Waals surface area contributed by atoms with E-state index in [1.165, 1.54) is 10.5 Å². The second-order valence-corrected chi connectivity index (χ2v) is 8.02. The lowest BCUT2D eigenvalue weighted by Crippen LogP contribution is -3.14. The van der Waals surface area contributed by atoms with Crippen LogP contribution in [0.5, 0.6) is 5.75 Å². The predicted molar refractivity (Wildman–Crippen MR) is 110 cm³/mol. The van der Waals surface area contributed by atoms with Gasteiger partial charge in [0, 0.05) is 18.4 Å². The predicted octanol–water partition coefficient (Wildman–Crippen LogP) is 0.138. The van der Waals surface area contributed by atoms with Crippen molar-refractivity contribution in [2.24, 2.45) is 0 Å². The molecule has 0 radical (unpaired) electrons. The Bertz CT molecular complexity index is 845. The van der Waals surface area contributed by atoms with Crippen LogP contribution in [0.1, 0.15) is 24.8 Å². The van der Waals surface area contributed by atoms with Gasteiger partial charge in [-0.1, -0.05) is 30.3 Å². The van der Waals surface area contributed by atoms with Gasteiger partial charge in [0.15, 0.2) is 6.04 Å². The Hall–Kier alpha value is -2.70. The Kier molecular flexibility index (Phi) is 5.92. The van der Waals surface area contributed by atoms with Gasteiger partial charge in [-0.25, -0.2) is 4.90 Å². The van der Waals surface area contributed by atoms with Gasteiger partial charge in [0.1, 0.15) is 12.3 Å². The van der Waals surface area contributed by atoms with Gasteiger partial charge >= 0.3 is 0 Å². The lowest BCUT2D eigenvalue weighted by molar-refractivity contribution is -0.926. The normalized spacial score (nSPS) is 24.7. The topological polar surface area (TPSA) is 67.7 Å². The molecule has 29 heavy (non-hydrogen) atoms. The van der Waals surface area contributed by atoms with Gasteiger partial charge in [0.25, 0.3) is 5.91 Å². The van der Waals surface area contributed by atoms with Crippen LogP contribution in [-0.4, -0.2) is 44.1 Å². The van der Waals surface area contributed by atoms with Crippen molar-refractivity contribution in [2.45, 2.75) is 37.9 Å². The minimum atomic E-state index is -0.301. The molecule has 2 aromatic rings. The summed E-state index contributed by atoms with van der Waals surface area (Å²) in [5.41, 5.74) is 2.00. The number of ether oxygens (including phenoxy) is 1. The standard InChI is InChI=1S/C23H27N3O3/c1-29-20-9-7-19(8-10-20)26-22(27)15-21(23(26)28)24-18-11-13-25(14-12-18)16-17-5-3-2-4-6-17/h2-10,18,21,24H,11-16H2,1H3/p+2/t21-/m1/s1. The first-order chi connectivity index (χ1) is 14.1. The van der Waals surface area contributed by atoms with Crippen LogP contribution in [-0.2, 0) is 16.1 Å². The van der Waals surface area contributed by atoms with Crippen LogP contribution < -0.4 is 19.9 Å². The summed E-state index contributed by atoms with van der Waals surface area (Å²) < 4.78 is 5.16. The number of methoxy groups -OCH3 is 1. The van der Waals surface area contributed by atoms with Crippen LogP contribution in [0.25, 0.3) is 0 Å².